The molecule has 1 amide bonds. The molecule has 198 valence electrons. The number of carbonyl (C=O) groups excluding carboxylic acids is 3. The van der Waals surface area contributed by atoms with Gasteiger partial charge in [-0.2, -0.15) is 0 Å². The Hall–Kier alpha value is -3.03. The van der Waals surface area contributed by atoms with Crippen molar-refractivity contribution in [2.75, 3.05) is 0 Å². The molecule has 3 N–H and O–H groups in total. The van der Waals surface area contributed by atoms with Gasteiger partial charge in [-0.3, -0.25) is 14.4 Å². The van der Waals surface area contributed by atoms with E-state index in [9.17, 15) is 24.6 Å². The number of esters is 1. The van der Waals surface area contributed by atoms with Gasteiger partial charge in [0.15, 0.2) is 5.78 Å². The Morgan fingerprint density at radius 1 is 1.19 bits per heavy atom. The number of Topliss-reactive ketones (excluding diaryl/α,β-unsaturated/α-hetero) is 1. The maximum Gasteiger partial charge on any atom is 0.303 e. The number of nitrogens with one attached hydrogen (secondary N) is 1. The Kier molecular flexibility index (Phi) is 7.32. The highest BCUT2D eigenvalue weighted by Gasteiger charge is 2.68. The average molecular weight is 508 g/mol. The van der Waals surface area contributed by atoms with Crippen molar-refractivity contribution in [1.29, 1.82) is 0 Å². The molecule has 1 spiro atoms. The summed E-state index contributed by atoms with van der Waals surface area (Å²) in [4.78, 5) is 39.5. The lowest BCUT2D eigenvalue weighted by molar-refractivity contribution is -0.166. The van der Waals surface area contributed by atoms with Crippen LogP contribution in [0.25, 0.3) is 0 Å². The molecule has 7 heteroatoms. The number of ether oxygens (including phenoxy) is 1. The molecule has 0 radical (unpaired) electrons. The molecule has 1 aromatic carbocycles. The summed E-state index contributed by atoms with van der Waals surface area (Å²) >= 11 is 0. The van der Waals surface area contributed by atoms with Crippen molar-refractivity contribution in [3.8, 4) is 0 Å². The smallest absolute Gasteiger partial charge is 0.303 e. The first-order valence-electron chi connectivity index (χ1n) is 12.9. The molecule has 1 aromatic rings. The van der Waals surface area contributed by atoms with Crippen LogP contribution < -0.4 is 5.32 Å². The van der Waals surface area contributed by atoms with Crippen molar-refractivity contribution >= 4 is 17.7 Å². The SMILES string of the molecule is C=C1C(C)C2C(Cc3ccccc3)NC(=O)C23C(C=CCC(C)C(=O)[C@](C)(O)C=C[C@H]3OC(C)=O)[C@H]1O. The number of amides is 1. The average Bonchev–Trinajstić information content (AvgIpc) is 3.13. The predicted molar refractivity (Wildman–Crippen MR) is 139 cm³/mol. The fourth-order valence-electron chi connectivity index (χ4n) is 6.68. The van der Waals surface area contributed by atoms with Gasteiger partial charge in [-0.15, -0.1) is 0 Å². The summed E-state index contributed by atoms with van der Waals surface area (Å²) in [5.74, 6) is -3.26. The molecular weight excluding hydrogens is 470 g/mol. The second-order valence-corrected chi connectivity index (χ2v) is 11.0. The molecule has 4 rings (SSSR count). The summed E-state index contributed by atoms with van der Waals surface area (Å²) in [5, 5.41) is 25.7. The van der Waals surface area contributed by atoms with Crippen molar-refractivity contribution in [1.82, 2.24) is 5.32 Å². The summed E-state index contributed by atoms with van der Waals surface area (Å²) in [6.07, 6.45) is 5.01. The van der Waals surface area contributed by atoms with Crippen LogP contribution in [0.15, 0.2) is 66.8 Å². The molecule has 6 unspecified atom stereocenters. The van der Waals surface area contributed by atoms with Gasteiger partial charge in [0.1, 0.15) is 17.1 Å². The third-order valence-electron chi connectivity index (χ3n) is 8.53. The zero-order chi connectivity index (χ0) is 27.1. The molecule has 1 aliphatic heterocycles. The van der Waals surface area contributed by atoms with E-state index in [4.69, 9.17) is 4.74 Å². The van der Waals surface area contributed by atoms with E-state index >= 15 is 0 Å². The number of aliphatic hydroxyl groups is 2. The van der Waals surface area contributed by atoms with Gasteiger partial charge in [-0.05, 0) is 49.0 Å². The van der Waals surface area contributed by atoms with Gasteiger partial charge in [0, 0.05) is 30.7 Å². The second kappa shape index (κ2) is 10.0. The molecule has 1 heterocycles. The number of aliphatic hydroxyl groups excluding tert-OH is 1. The molecule has 37 heavy (non-hydrogen) atoms. The van der Waals surface area contributed by atoms with E-state index in [1.807, 2.05) is 37.3 Å². The lowest BCUT2D eigenvalue weighted by atomic mass is 9.51. The largest absolute Gasteiger partial charge is 0.457 e. The molecule has 9 atom stereocenters. The zero-order valence-corrected chi connectivity index (χ0v) is 21.9. The predicted octanol–water partition coefficient (Wildman–Crippen LogP) is 2.92. The van der Waals surface area contributed by atoms with Crippen LogP contribution in [-0.2, 0) is 25.5 Å². The van der Waals surface area contributed by atoms with Gasteiger partial charge in [-0.25, -0.2) is 0 Å². The van der Waals surface area contributed by atoms with E-state index in [0.717, 1.165) is 5.56 Å². The van der Waals surface area contributed by atoms with Crippen molar-refractivity contribution in [2.24, 2.45) is 29.1 Å². The maximum absolute atomic E-state index is 14.2. The number of allylic oxidation sites excluding steroid dienone is 1. The molecule has 2 fully saturated rings. The van der Waals surface area contributed by atoms with Gasteiger partial charge in [-0.1, -0.05) is 62.9 Å². The second-order valence-electron chi connectivity index (χ2n) is 11.0. The van der Waals surface area contributed by atoms with E-state index in [0.29, 0.717) is 18.4 Å². The highest BCUT2D eigenvalue weighted by atomic mass is 16.5. The van der Waals surface area contributed by atoms with Crippen LogP contribution in [0.3, 0.4) is 0 Å². The number of benzene rings is 1. The van der Waals surface area contributed by atoms with Gasteiger partial charge in [0.2, 0.25) is 5.91 Å². The Labute approximate surface area is 218 Å². The highest BCUT2D eigenvalue weighted by molar-refractivity contribution is 5.91. The number of carbonyl (C=O) groups is 3. The summed E-state index contributed by atoms with van der Waals surface area (Å²) in [7, 11) is 0. The fourth-order valence-corrected chi connectivity index (χ4v) is 6.68. The van der Waals surface area contributed by atoms with E-state index in [-0.39, 0.29) is 23.7 Å². The van der Waals surface area contributed by atoms with Crippen LogP contribution in [-0.4, -0.2) is 51.7 Å². The number of rotatable bonds is 3. The van der Waals surface area contributed by atoms with Crippen molar-refractivity contribution in [3.63, 3.8) is 0 Å². The Bertz CT molecular complexity index is 1140. The first-order valence-corrected chi connectivity index (χ1v) is 12.9. The van der Waals surface area contributed by atoms with Crippen LogP contribution in [0.4, 0.5) is 0 Å². The molecule has 7 nitrogen and oxygen atoms in total. The first-order chi connectivity index (χ1) is 17.4. The summed E-state index contributed by atoms with van der Waals surface area (Å²) in [6, 6.07) is 9.49. The van der Waals surface area contributed by atoms with Gasteiger partial charge >= 0.3 is 5.97 Å². The van der Waals surface area contributed by atoms with Crippen LogP contribution in [0, 0.1) is 29.1 Å². The summed E-state index contributed by atoms with van der Waals surface area (Å²) in [6.45, 7) is 10.5. The van der Waals surface area contributed by atoms with Crippen molar-refractivity contribution < 1.29 is 29.3 Å². The molecule has 0 aromatic heterocycles. The standard InChI is InChI=1S/C30H37NO6/c1-17-10-9-13-22-26(33)19(3)18(2)25-23(16-21-11-7-6-8-12-21)31-28(35)30(22,25)24(37-20(4)32)14-15-29(5,36)27(17)34/h6-9,11-15,17-18,22-26,33,36H,3,10,16H2,1-2,4-5H3,(H,31,35)/t17?,18?,22?,23?,24-,25?,26+,29-,30?/m1/s1. The van der Waals surface area contributed by atoms with Crippen LogP contribution in [0.1, 0.15) is 39.7 Å². The molecule has 0 bridgehead atoms. The van der Waals surface area contributed by atoms with Crippen LogP contribution in [0.5, 0.6) is 0 Å². The number of hydrogen-bond donors (Lipinski definition) is 3. The molecular formula is C30H37NO6. The topological polar surface area (TPSA) is 113 Å². The zero-order valence-electron chi connectivity index (χ0n) is 21.9. The van der Waals surface area contributed by atoms with E-state index in [1.165, 1.54) is 26.0 Å². The minimum Gasteiger partial charge on any atom is -0.457 e. The van der Waals surface area contributed by atoms with E-state index < -0.39 is 46.9 Å². The lowest BCUT2D eigenvalue weighted by Crippen LogP contribution is -2.60. The lowest BCUT2D eigenvalue weighted by Gasteiger charge is -2.52. The fraction of sp³-hybridized carbons (Fsp3) is 0.500. The summed E-state index contributed by atoms with van der Waals surface area (Å²) in [5.41, 5.74) is -1.55. The molecule has 1 saturated heterocycles. The van der Waals surface area contributed by atoms with Crippen molar-refractivity contribution in [2.45, 2.75) is 64.4 Å². The summed E-state index contributed by atoms with van der Waals surface area (Å²) < 4.78 is 5.81. The van der Waals surface area contributed by atoms with Gasteiger partial charge in [0.05, 0.1) is 6.10 Å². The minimum atomic E-state index is -1.82. The molecule has 1 saturated carbocycles. The van der Waals surface area contributed by atoms with E-state index in [2.05, 4.69) is 11.9 Å². The van der Waals surface area contributed by atoms with Crippen LogP contribution in [0.2, 0.25) is 0 Å². The first kappa shape index (κ1) is 27.0. The Morgan fingerprint density at radius 3 is 2.51 bits per heavy atom. The third-order valence-corrected chi connectivity index (χ3v) is 8.53. The third kappa shape index (κ3) is 4.59. The number of ketones is 1. The monoisotopic (exact) mass is 507 g/mol. The van der Waals surface area contributed by atoms with E-state index in [1.54, 1.807) is 19.1 Å². The Balaban J connectivity index is 1.94. The van der Waals surface area contributed by atoms with Gasteiger partial charge in [0.25, 0.3) is 0 Å². The highest BCUT2D eigenvalue weighted by Crippen LogP contribution is 2.58. The normalized spacial score (nSPS) is 39.8. The molecule has 3 aliphatic rings. The maximum atomic E-state index is 14.2. The molecule has 2 aliphatic carbocycles. The number of hydrogen-bond acceptors (Lipinski definition) is 6. The minimum absolute atomic E-state index is 0.287. The van der Waals surface area contributed by atoms with Crippen molar-refractivity contribution in [3.05, 3.63) is 72.4 Å². The Morgan fingerprint density at radius 2 is 1.86 bits per heavy atom. The quantitative estimate of drug-likeness (QED) is 0.428. The van der Waals surface area contributed by atoms with Gasteiger partial charge < -0.3 is 20.3 Å². The van der Waals surface area contributed by atoms with Crippen LogP contribution >= 0.6 is 0 Å².